The summed E-state index contributed by atoms with van der Waals surface area (Å²) in [7, 11) is 0. The Kier molecular flexibility index (Phi) is 3.12. The molecule has 0 spiro atoms. The maximum absolute atomic E-state index is 12.3. The minimum atomic E-state index is 0.0646. The second-order valence-electron chi connectivity index (χ2n) is 5.30. The summed E-state index contributed by atoms with van der Waals surface area (Å²) in [6.07, 6.45) is 2.14. The molecule has 0 radical (unpaired) electrons. The monoisotopic (exact) mass is 270 g/mol. The van der Waals surface area contributed by atoms with E-state index in [0.29, 0.717) is 12.2 Å². The van der Waals surface area contributed by atoms with Gasteiger partial charge >= 0.3 is 0 Å². The number of aromatic nitrogens is 3. The molecule has 0 saturated carbocycles. The number of anilines is 1. The zero-order chi connectivity index (χ0) is 14.3. The number of carbonyl (C=O) groups is 1. The van der Waals surface area contributed by atoms with E-state index < -0.39 is 0 Å². The number of pyridine rings is 1. The van der Waals surface area contributed by atoms with Crippen molar-refractivity contribution in [1.82, 2.24) is 15.0 Å². The van der Waals surface area contributed by atoms with Crippen LogP contribution in [-0.4, -0.2) is 33.8 Å². The molecule has 0 aromatic carbocycles. The first kappa shape index (κ1) is 13.0. The van der Waals surface area contributed by atoms with Crippen molar-refractivity contribution in [3.05, 3.63) is 23.3 Å². The van der Waals surface area contributed by atoms with Gasteiger partial charge in [-0.1, -0.05) is 13.3 Å². The van der Waals surface area contributed by atoms with E-state index in [-0.39, 0.29) is 5.78 Å². The van der Waals surface area contributed by atoms with Crippen LogP contribution in [0.1, 0.15) is 41.8 Å². The van der Waals surface area contributed by atoms with Crippen LogP contribution in [0.4, 0.5) is 5.82 Å². The Bertz CT molecular complexity index is 691. The molecule has 1 aliphatic heterocycles. The van der Waals surface area contributed by atoms with Gasteiger partial charge < -0.3 is 4.90 Å². The number of hydrogen-bond donors (Lipinski definition) is 0. The molecule has 0 atom stereocenters. The van der Waals surface area contributed by atoms with Crippen molar-refractivity contribution in [2.45, 2.75) is 33.6 Å². The second-order valence-corrected chi connectivity index (χ2v) is 5.30. The maximum atomic E-state index is 12.3. The van der Waals surface area contributed by atoms with Crippen molar-refractivity contribution in [3.63, 3.8) is 0 Å². The summed E-state index contributed by atoms with van der Waals surface area (Å²) in [4.78, 5) is 27.8. The fraction of sp³-hybridized carbons (Fsp3) is 0.467. The summed E-state index contributed by atoms with van der Waals surface area (Å²) in [5, 5.41) is 0.813. The lowest BCUT2D eigenvalue weighted by Gasteiger charge is -2.28. The molecule has 0 bridgehead atoms. The van der Waals surface area contributed by atoms with Gasteiger partial charge in [-0.25, -0.2) is 15.0 Å². The van der Waals surface area contributed by atoms with Crippen molar-refractivity contribution in [2.24, 2.45) is 0 Å². The average molecular weight is 270 g/mol. The predicted molar refractivity (Wildman–Crippen MR) is 78.3 cm³/mol. The van der Waals surface area contributed by atoms with E-state index in [1.54, 1.807) is 0 Å². The van der Waals surface area contributed by atoms with Gasteiger partial charge in [0.15, 0.2) is 0 Å². The second kappa shape index (κ2) is 4.81. The Morgan fingerprint density at radius 2 is 2.05 bits per heavy atom. The third-order valence-electron chi connectivity index (χ3n) is 3.58. The van der Waals surface area contributed by atoms with E-state index in [0.717, 1.165) is 47.6 Å². The fourth-order valence-electron chi connectivity index (χ4n) is 2.66. The zero-order valence-electron chi connectivity index (χ0n) is 12.1. The summed E-state index contributed by atoms with van der Waals surface area (Å²) >= 11 is 0. The minimum Gasteiger partial charge on any atom is -0.348 e. The summed E-state index contributed by atoms with van der Waals surface area (Å²) in [6.45, 7) is 7.14. The number of carbonyl (C=O) groups excluding carboxylic acids is 1. The number of unbranched alkanes of at least 4 members (excludes halogenated alkanes) is 1. The van der Waals surface area contributed by atoms with Gasteiger partial charge in [0.1, 0.15) is 17.3 Å². The van der Waals surface area contributed by atoms with Crippen LogP contribution >= 0.6 is 0 Å². The molecule has 0 amide bonds. The van der Waals surface area contributed by atoms with E-state index in [9.17, 15) is 4.79 Å². The Labute approximate surface area is 118 Å². The van der Waals surface area contributed by atoms with E-state index >= 15 is 0 Å². The third kappa shape index (κ3) is 2.03. The molecule has 2 aromatic heterocycles. The van der Waals surface area contributed by atoms with Crippen molar-refractivity contribution in [2.75, 3.05) is 18.0 Å². The number of nitrogens with zero attached hydrogens (tertiary/aromatic N) is 4. The third-order valence-corrected chi connectivity index (χ3v) is 3.58. The van der Waals surface area contributed by atoms with Crippen molar-refractivity contribution < 1.29 is 4.79 Å². The quantitative estimate of drug-likeness (QED) is 0.857. The molecule has 0 N–H and O–H groups in total. The van der Waals surface area contributed by atoms with E-state index in [4.69, 9.17) is 0 Å². The first-order chi connectivity index (χ1) is 9.60. The highest BCUT2D eigenvalue weighted by molar-refractivity contribution is 6.14. The van der Waals surface area contributed by atoms with Gasteiger partial charge in [0, 0.05) is 12.2 Å². The van der Waals surface area contributed by atoms with Gasteiger partial charge in [-0.05, 0) is 26.3 Å². The fourth-order valence-corrected chi connectivity index (χ4v) is 2.66. The normalized spacial score (nSPS) is 14.2. The molecule has 0 fully saturated rings. The van der Waals surface area contributed by atoms with Gasteiger partial charge in [0.25, 0.3) is 0 Å². The molecule has 5 nitrogen and oxygen atoms in total. The molecule has 0 saturated heterocycles. The van der Waals surface area contributed by atoms with Crippen LogP contribution in [0.5, 0.6) is 0 Å². The molecular formula is C15H18N4O. The minimum absolute atomic E-state index is 0.0646. The van der Waals surface area contributed by atoms with Crippen LogP contribution < -0.4 is 4.90 Å². The molecule has 3 rings (SSSR count). The van der Waals surface area contributed by atoms with Crippen LogP contribution in [0.3, 0.4) is 0 Å². The maximum Gasteiger partial charge on any atom is 0.201 e. The Balaban J connectivity index is 2.25. The van der Waals surface area contributed by atoms with E-state index in [2.05, 4.69) is 26.8 Å². The number of ketones is 1. The van der Waals surface area contributed by atoms with E-state index in [1.807, 2.05) is 19.9 Å². The van der Waals surface area contributed by atoms with Crippen LogP contribution in [0.25, 0.3) is 10.9 Å². The number of hydrogen-bond acceptors (Lipinski definition) is 5. The zero-order valence-corrected chi connectivity index (χ0v) is 12.1. The lowest BCUT2D eigenvalue weighted by Crippen LogP contribution is -2.36. The summed E-state index contributed by atoms with van der Waals surface area (Å²) in [5.41, 5.74) is 2.18. The van der Waals surface area contributed by atoms with Crippen molar-refractivity contribution in [1.29, 1.82) is 0 Å². The standard InChI is InChI=1S/C15H18N4O/c1-4-5-6-19-8-12(20)14-13-11(7-9(2)16-14)17-10(3)18-15(13)19/h7H,4-6,8H2,1-3H3. The summed E-state index contributed by atoms with van der Waals surface area (Å²) < 4.78 is 0. The van der Waals surface area contributed by atoms with Gasteiger partial charge in [-0.2, -0.15) is 0 Å². The van der Waals surface area contributed by atoms with Crippen LogP contribution in [0.2, 0.25) is 0 Å². The van der Waals surface area contributed by atoms with Gasteiger partial charge in [-0.15, -0.1) is 0 Å². The lowest BCUT2D eigenvalue weighted by molar-refractivity contribution is 0.0993. The molecule has 2 aromatic rings. The Morgan fingerprint density at radius 1 is 1.25 bits per heavy atom. The molecule has 104 valence electrons. The first-order valence-electron chi connectivity index (χ1n) is 7.04. The topological polar surface area (TPSA) is 59.0 Å². The SMILES string of the molecule is CCCCN1CC(=O)c2nc(C)cc3nc(C)nc1c23. The highest BCUT2D eigenvalue weighted by Gasteiger charge is 2.28. The van der Waals surface area contributed by atoms with Crippen LogP contribution in [-0.2, 0) is 0 Å². The van der Waals surface area contributed by atoms with Gasteiger partial charge in [-0.3, -0.25) is 4.79 Å². The molecule has 1 aliphatic rings. The predicted octanol–water partition coefficient (Wildman–Crippen LogP) is 2.44. The molecule has 3 heterocycles. The van der Waals surface area contributed by atoms with Crippen LogP contribution in [0.15, 0.2) is 6.07 Å². The smallest absolute Gasteiger partial charge is 0.201 e. The van der Waals surface area contributed by atoms with Crippen molar-refractivity contribution in [3.8, 4) is 0 Å². The highest BCUT2D eigenvalue weighted by Crippen LogP contribution is 2.31. The van der Waals surface area contributed by atoms with Gasteiger partial charge in [0.05, 0.1) is 17.4 Å². The van der Waals surface area contributed by atoms with Crippen LogP contribution in [0, 0.1) is 13.8 Å². The number of Topliss-reactive ketones (excluding diaryl/α,β-unsaturated/α-hetero) is 1. The average Bonchev–Trinajstić information content (AvgIpc) is 2.39. The molecule has 5 heteroatoms. The van der Waals surface area contributed by atoms with Crippen molar-refractivity contribution >= 4 is 22.5 Å². The highest BCUT2D eigenvalue weighted by atomic mass is 16.1. The summed E-state index contributed by atoms with van der Waals surface area (Å²) in [5.74, 6) is 1.66. The van der Waals surface area contributed by atoms with E-state index in [1.165, 1.54) is 0 Å². The molecule has 20 heavy (non-hydrogen) atoms. The molecule has 0 unspecified atom stereocenters. The number of rotatable bonds is 3. The van der Waals surface area contributed by atoms with Gasteiger partial charge in [0.2, 0.25) is 5.78 Å². The first-order valence-corrected chi connectivity index (χ1v) is 7.04. The summed E-state index contributed by atoms with van der Waals surface area (Å²) in [6, 6.07) is 1.92. The largest absolute Gasteiger partial charge is 0.348 e. The Morgan fingerprint density at radius 3 is 2.80 bits per heavy atom. The molecule has 0 aliphatic carbocycles. The lowest BCUT2D eigenvalue weighted by atomic mass is 10.0. The Hall–Kier alpha value is -2.04. The molecular weight excluding hydrogens is 252 g/mol. The number of aryl methyl sites for hydroxylation is 2.